The molecule has 6 nitrogen and oxygen atoms in total. The summed E-state index contributed by atoms with van der Waals surface area (Å²) in [5.74, 6) is -1.16. The van der Waals surface area contributed by atoms with Gasteiger partial charge in [-0.3, -0.25) is 14.3 Å². The molecule has 0 amide bonds. The number of H-pyrrole nitrogens is 1. The van der Waals surface area contributed by atoms with Crippen LogP contribution < -0.4 is 11.2 Å². The fraction of sp³-hybridized carbons (Fsp3) is 0.300. The second-order valence-electron chi connectivity index (χ2n) is 3.84. The molecule has 2 aromatic rings. The first kappa shape index (κ1) is 12.6. The number of nitrogens with zero attached hydrogens (tertiary/aromatic N) is 3. The molecule has 0 bridgehead atoms. The molecular weight excluding hydrogens is 263 g/mol. The van der Waals surface area contributed by atoms with Crippen LogP contribution in [0.15, 0.2) is 28.3 Å². The Labute approximate surface area is 106 Å². The van der Waals surface area contributed by atoms with Gasteiger partial charge < -0.3 is 4.57 Å². The van der Waals surface area contributed by atoms with Crippen molar-refractivity contribution in [3.8, 4) is 0 Å². The smallest absolute Gasteiger partial charge is 0.329 e. The van der Waals surface area contributed by atoms with Crippen molar-refractivity contribution in [1.82, 2.24) is 19.1 Å². The summed E-state index contributed by atoms with van der Waals surface area (Å²) in [4.78, 5) is 29.2. The summed E-state index contributed by atoms with van der Waals surface area (Å²) in [5, 5.41) is -0.573. The average Bonchev–Trinajstić information content (AvgIpc) is 2.78. The number of imidazole rings is 1. The Morgan fingerprint density at radius 1 is 1.56 bits per heavy atom. The van der Waals surface area contributed by atoms with Crippen LogP contribution in [0.25, 0.3) is 0 Å². The Kier molecular flexibility index (Phi) is 3.33. The number of aromatic amines is 1. The summed E-state index contributed by atoms with van der Waals surface area (Å²) in [7, 11) is 0. The second-order valence-corrected chi connectivity index (χ2v) is 4.22. The normalized spacial score (nSPS) is 12.6. The molecule has 1 unspecified atom stereocenters. The fourth-order valence-electron chi connectivity index (χ4n) is 1.68. The van der Waals surface area contributed by atoms with Gasteiger partial charge in [0, 0.05) is 18.9 Å². The van der Waals surface area contributed by atoms with Crippen molar-refractivity contribution in [1.29, 1.82) is 0 Å². The summed E-state index contributed by atoms with van der Waals surface area (Å²) < 4.78 is 15.8. The lowest BCUT2D eigenvalue weighted by atomic mass is 10.3. The van der Waals surface area contributed by atoms with E-state index in [9.17, 15) is 14.0 Å². The number of rotatable bonds is 3. The predicted octanol–water partition coefficient (Wildman–Crippen LogP) is 0.787. The molecule has 1 atom stereocenters. The molecule has 2 heterocycles. The fourth-order valence-corrected chi connectivity index (χ4v) is 1.84. The van der Waals surface area contributed by atoms with E-state index in [1.165, 1.54) is 0 Å². The standard InChI is InChI=1S/C10H10ClFN4O2/c1-6(4-15-3-2-13-5-15)16-9(17)7(12)8(11)14-10(16)18/h2-3,5-6H,4H2,1H3,(H,14,18). The van der Waals surface area contributed by atoms with Gasteiger partial charge in [0.15, 0.2) is 5.15 Å². The molecule has 0 saturated carbocycles. The second kappa shape index (κ2) is 4.77. The minimum Gasteiger partial charge on any atom is -0.335 e. The molecule has 2 rings (SSSR count). The van der Waals surface area contributed by atoms with Crippen LogP contribution in [0.5, 0.6) is 0 Å². The Bertz CT molecular complexity index is 662. The van der Waals surface area contributed by atoms with Crippen LogP contribution in [0.3, 0.4) is 0 Å². The minimum absolute atomic E-state index is 0.323. The maximum atomic E-state index is 13.4. The van der Waals surface area contributed by atoms with Gasteiger partial charge in [0.1, 0.15) is 0 Å². The first-order valence-electron chi connectivity index (χ1n) is 5.16. The molecule has 0 aliphatic heterocycles. The highest BCUT2D eigenvalue weighted by Gasteiger charge is 2.17. The monoisotopic (exact) mass is 272 g/mol. The van der Waals surface area contributed by atoms with Gasteiger partial charge >= 0.3 is 5.69 Å². The molecule has 8 heteroatoms. The van der Waals surface area contributed by atoms with E-state index in [1.807, 2.05) is 0 Å². The minimum atomic E-state index is -1.16. The number of hydrogen-bond donors (Lipinski definition) is 1. The summed E-state index contributed by atoms with van der Waals surface area (Å²) >= 11 is 5.38. The molecule has 1 N–H and O–H groups in total. The Morgan fingerprint density at radius 2 is 2.28 bits per heavy atom. The van der Waals surface area contributed by atoms with Gasteiger partial charge in [0.25, 0.3) is 5.56 Å². The van der Waals surface area contributed by atoms with E-state index in [2.05, 4.69) is 9.97 Å². The van der Waals surface area contributed by atoms with Gasteiger partial charge in [-0.1, -0.05) is 11.6 Å². The van der Waals surface area contributed by atoms with Gasteiger partial charge in [-0.25, -0.2) is 9.78 Å². The van der Waals surface area contributed by atoms with Gasteiger partial charge in [0.05, 0.1) is 12.4 Å². The zero-order valence-electron chi connectivity index (χ0n) is 9.43. The van der Waals surface area contributed by atoms with Crippen LogP contribution in [-0.4, -0.2) is 19.1 Å². The highest BCUT2D eigenvalue weighted by molar-refractivity contribution is 6.29. The van der Waals surface area contributed by atoms with Crippen LogP contribution >= 0.6 is 11.6 Å². The molecule has 0 spiro atoms. The lowest BCUT2D eigenvalue weighted by Crippen LogP contribution is -2.40. The lowest BCUT2D eigenvalue weighted by Gasteiger charge is -2.14. The number of hydrogen-bond acceptors (Lipinski definition) is 3. The molecule has 18 heavy (non-hydrogen) atoms. The largest absolute Gasteiger partial charge is 0.335 e. The van der Waals surface area contributed by atoms with Crippen molar-refractivity contribution in [2.45, 2.75) is 19.5 Å². The van der Waals surface area contributed by atoms with Gasteiger partial charge in [-0.05, 0) is 6.92 Å². The molecule has 96 valence electrons. The summed E-state index contributed by atoms with van der Waals surface area (Å²) in [6.45, 7) is 1.95. The molecule has 0 aromatic carbocycles. The van der Waals surface area contributed by atoms with E-state index < -0.39 is 28.3 Å². The summed E-state index contributed by atoms with van der Waals surface area (Å²) in [5.41, 5.74) is -1.77. The number of halogens is 2. The van der Waals surface area contributed by atoms with E-state index >= 15 is 0 Å². The predicted molar refractivity (Wildman–Crippen MR) is 63.2 cm³/mol. The molecular formula is C10H10ClFN4O2. The lowest BCUT2D eigenvalue weighted by molar-refractivity contribution is 0.419. The maximum absolute atomic E-state index is 13.4. The highest BCUT2D eigenvalue weighted by atomic mass is 35.5. The van der Waals surface area contributed by atoms with Crippen molar-refractivity contribution >= 4 is 11.6 Å². The topological polar surface area (TPSA) is 72.7 Å². The van der Waals surface area contributed by atoms with E-state index in [0.29, 0.717) is 6.54 Å². The number of nitrogens with one attached hydrogen (secondary N) is 1. The van der Waals surface area contributed by atoms with Crippen LogP contribution in [0.1, 0.15) is 13.0 Å². The van der Waals surface area contributed by atoms with E-state index in [0.717, 1.165) is 4.57 Å². The first-order chi connectivity index (χ1) is 8.50. The molecule has 2 aromatic heterocycles. The van der Waals surface area contributed by atoms with Crippen LogP contribution in [0.2, 0.25) is 5.15 Å². The van der Waals surface area contributed by atoms with Crippen molar-refractivity contribution in [2.24, 2.45) is 0 Å². The number of aromatic nitrogens is 4. The highest BCUT2D eigenvalue weighted by Crippen LogP contribution is 2.07. The molecule has 0 fully saturated rings. The molecule has 0 radical (unpaired) electrons. The first-order valence-corrected chi connectivity index (χ1v) is 5.54. The van der Waals surface area contributed by atoms with Crippen molar-refractivity contribution in [3.63, 3.8) is 0 Å². The average molecular weight is 273 g/mol. The third-order valence-corrected chi connectivity index (χ3v) is 2.77. The third kappa shape index (κ3) is 2.21. The Balaban J connectivity index is 2.42. The summed E-state index contributed by atoms with van der Waals surface area (Å²) in [6.07, 6.45) is 4.80. The van der Waals surface area contributed by atoms with Crippen LogP contribution in [0, 0.1) is 5.82 Å². The zero-order chi connectivity index (χ0) is 13.3. The third-order valence-electron chi connectivity index (χ3n) is 2.51. The van der Waals surface area contributed by atoms with Crippen molar-refractivity contribution in [3.05, 3.63) is 50.5 Å². The van der Waals surface area contributed by atoms with E-state index in [-0.39, 0.29) is 0 Å². The quantitative estimate of drug-likeness (QED) is 0.840. The van der Waals surface area contributed by atoms with Gasteiger partial charge in [-0.2, -0.15) is 4.39 Å². The van der Waals surface area contributed by atoms with Crippen molar-refractivity contribution < 1.29 is 4.39 Å². The SMILES string of the molecule is CC(Cn1ccnc1)n1c(=O)[nH]c(Cl)c(F)c1=O. The van der Waals surface area contributed by atoms with Gasteiger partial charge in [-0.15, -0.1) is 0 Å². The van der Waals surface area contributed by atoms with Crippen LogP contribution in [0.4, 0.5) is 4.39 Å². The maximum Gasteiger partial charge on any atom is 0.329 e. The Morgan fingerprint density at radius 3 is 2.89 bits per heavy atom. The molecule has 0 saturated heterocycles. The van der Waals surface area contributed by atoms with Crippen LogP contribution in [-0.2, 0) is 6.54 Å². The molecule has 0 aliphatic rings. The summed E-state index contributed by atoms with van der Waals surface area (Å²) in [6, 6.07) is -0.526. The Hall–Kier alpha value is -1.89. The zero-order valence-corrected chi connectivity index (χ0v) is 10.2. The van der Waals surface area contributed by atoms with E-state index in [1.54, 1.807) is 30.2 Å². The van der Waals surface area contributed by atoms with E-state index in [4.69, 9.17) is 11.6 Å². The van der Waals surface area contributed by atoms with Gasteiger partial charge in [0.2, 0.25) is 5.82 Å². The molecule has 0 aliphatic carbocycles. The van der Waals surface area contributed by atoms with Crippen molar-refractivity contribution in [2.75, 3.05) is 0 Å².